The van der Waals surface area contributed by atoms with Gasteiger partial charge in [0.25, 0.3) is 0 Å². The van der Waals surface area contributed by atoms with E-state index in [2.05, 4.69) is 58.9 Å². The van der Waals surface area contributed by atoms with Crippen molar-refractivity contribution in [1.82, 2.24) is 9.55 Å². The number of furan rings is 1. The third-order valence-electron chi connectivity index (χ3n) is 4.73. The van der Waals surface area contributed by atoms with Gasteiger partial charge < -0.3 is 9.32 Å². The molecular formula is C20H17N3O. The van der Waals surface area contributed by atoms with Gasteiger partial charge in [-0.1, -0.05) is 24.3 Å². The first-order valence-corrected chi connectivity index (χ1v) is 8.25. The number of aromatic nitrogens is 2. The van der Waals surface area contributed by atoms with Gasteiger partial charge in [0.1, 0.15) is 11.6 Å². The molecule has 0 saturated heterocycles. The number of rotatable bonds is 2. The van der Waals surface area contributed by atoms with Gasteiger partial charge in [-0.3, -0.25) is 4.57 Å². The number of imidazole rings is 1. The molecule has 4 heteroatoms. The van der Waals surface area contributed by atoms with Gasteiger partial charge >= 0.3 is 0 Å². The Labute approximate surface area is 140 Å². The lowest BCUT2D eigenvalue weighted by molar-refractivity contribution is 0.419. The molecule has 0 spiro atoms. The Kier molecular flexibility index (Phi) is 2.80. The SMILES string of the molecule is CCN1c2ccccc2-c2nc3ccccc3n2[C@@H]1c1ccco1. The summed E-state index contributed by atoms with van der Waals surface area (Å²) in [6, 6.07) is 20.7. The molecule has 118 valence electrons. The maximum Gasteiger partial charge on any atom is 0.167 e. The largest absolute Gasteiger partial charge is 0.465 e. The molecule has 4 nitrogen and oxygen atoms in total. The molecule has 24 heavy (non-hydrogen) atoms. The van der Waals surface area contributed by atoms with Crippen LogP contribution < -0.4 is 4.90 Å². The van der Waals surface area contributed by atoms with E-state index in [1.54, 1.807) is 6.26 Å². The fourth-order valence-corrected chi connectivity index (χ4v) is 3.73. The van der Waals surface area contributed by atoms with Crippen molar-refractivity contribution in [2.45, 2.75) is 13.1 Å². The highest BCUT2D eigenvalue weighted by Gasteiger charge is 2.34. The van der Waals surface area contributed by atoms with E-state index in [9.17, 15) is 0 Å². The quantitative estimate of drug-likeness (QED) is 0.538. The Morgan fingerprint density at radius 2 is 1.83 bits per heavy atom. The summed E-state index contributed by atoms with van der Waals surface area (Å²) < 4.78 is 8.10. The summed E-state index contributed by atoms with van der Waals surface area (Å²) in [7, 11) is 0. The van der Waals surface area contributed by atoms with Crippen LogP contribution in [-0.2, 0) is 0 Å². The minimum absolute atomic E-state index is 0.0256. The molecule has 0 radical (unpaired) electrons. The van der Waals surface area contributed by atoms with Crippen LogP contribution in [0.1, 0.15) is 18.8 Å². The van der Waals surface area contributed by atoms with Gasteiger partial charge in [-0.05, 0) is 43.3 Å². The maximum atomic E-state index is 5.80. The molecule has 2 aromatic carbocycles. The molecule has 0 bridgehead atoms. The molecule has 1 atom stereocenters. The molecule has 0 N–H and O–H groups in total. The monoisotopic (exact) mass is 315 g/mol. The normalized spacial score (nSPS) is 16.2. The van der Waals surface area contributed by atoms with Crippen molar-refractivity contribution >= 4 is 16.7 Å². The lowest BCUT2D eigenvalue weighted by Crippen LogP contribution is -2.36. The van der Waals surface area contributed by atoms with Crippen LogP contribution in [-0.4, -0.2) is 16.1 Å². The fraction of sp³-hybridized carbons (Fsp3) is 0.150. The molecule has 0 aliphatic carbocycles. The van der Waals surface area contributed by atoms with Crippen LogP contribution in [0, 0.1) is 0 Å². The maximum absolute atomic E-state index is 5.80. The van der Waals surface area contributed by atoms with Crippen molar-refractivity contribution in [2.24, 2.45) is 0 Å². The summed E-state index contributed by atoms with van der Waals surface area (Å²) in [4.78, 5) is 7.29. The predicted molar refractivity (Wildman–Crippen MR) is 95.0 cm³/mol. The lowest BCUT2D eigenvalue weighted by atomic mass is 10.1. The van der Waals surface area contributed by atoms with Gasteiger partial charge in [0, 0.05) is 17.8 Å². The number of anilines is 1. The molecule has 0 unspecified atom stereocenters. The van der Waals surface area contributed by atoms with Crippen LogP contribution in [0.4, 0.5) is 5.69 Å². The van der Waals surface area contributed by atoms with Crippen LogP contribution >= 0.6 is 0 Å². The van der Waals surface area contributed by atoms with Crippen molar-refractivity contribution in [3.05, 3.63) is 72.7 Å². The highest BCUT2D eigenvalue weighted by molar-refractivity contribution is 5.87. The first kappa shape index (κ1) is 13.4. The van der Waals surface area contributed by atoms with E-state index >= 15 is 0 Å². The van der Waals surface area contributed by atoms with E-state index in [1.807, 2.05) is 18.2 Å². The van der Waals surface area contributed by atoms with Gasteiger partial charge in [0.05, 0.1) is 17.3 Å². The van der Waals surface area contributed by atoms with Gasteiger partial charge in [0.2, 0.25) is 0 Å². The third kappa shape index (κ3) is 1.71. The van der Waals surface area contributed by atoms with Crippen LogP contribution in [0.15, 0.2) is 71.3 Å². The zero-order chi connectivity index (χ0) is 16.1. The van der Waals surface area contributed by atoms with Gasteiger partial charge in [0.15, 0.2) is 6.17 Å². The summed E-state index contributed by atoms with van der Waals surface area (Å²) in [5.41, 5.74) is 4.50. The Balaban J connectivity index is 1.90. The summed E-state index contributed by atoms with van der Waals surface area (Å²) >= 11 is 0. The van der Waals surface area contributed by atoms with Crippen LogP contribution in [0.3, 0.4) is 0 Å². The number of hydrogen-bond donors (Lipinski definition) is 0. The van der Waals surface area contributed by atoms with E-state index in [4.69, 9.17) is 9.40 Å². The summed E-state index contributed by atoms with van der Waals surface area (Å²) in [6.45, 7) is 3.06. The zero-order valence-electron chi connectivity index (χ0n) is 13.4. The van der Waals surface area contributed by atoms with Gasteiger partial charge in [-0.2, -0.15) is 0 Å². The summed E-state index contributed by atoms with van der Waals surface area (Å²) in [5.74, 6) is 1.92. The standard InChI is InChI=1S/C20H17N3O/c1-2-22-16-10-5-3-8-14(16)19-21-15-9-4-6-11-17(15)23(19)20(22)18-12-7-13-24-18/h3-13,20H,2H2,1H3/t20-/m1/s1. The summed E-state index contributed by atoms with van der Waals surface area (Å²) in [5, 5.41) is 0. The lowest BCUT2D eigenvalue weighted by Gasteiger charge is -2.38. The Morgan fingerprint density at radius 1 is 1.00 bits per heavy atom. The molecule has 3 heterocycles. The van der Waals surface area contributed by atoms with Crippen molar-refractivity contribution in [2.75, 3.05) is 11.4 Å². The molecule has 1 aliphatic rings. The van der Waals surface area contributed by atoms with Crippen molar-refractivity contribution in [3.8, 4) is 11.4 Å². The first-order chi connectivity index (χ1) is 11.9. The van der Waals surface area contributed by atoms with Crippen LogP contribution in [0.5, 0.6) is 0 Å². The molecule has 2 aromatic heterocycles. The molecule has 0 fully saturated rings. The second kappa shape index (κ2) is 4.99. The van der Waals surface area contributed by atoms with E-state index in [0.717, 1.165) is 29.2 Å². The Hall–Kier alpha value is -3.01. The van der Waals surface area contributed by atoms with Crippen molar-refractivity contribution in [1.29, 1.82) is 0 Å². The first-order valence-electron chi connectivity index (χ1n) is 8.25. The molecule has 5 rings (SSSR count). The smallest absolute Gasteiger partial charge is 0.167 e. The summed E-state index contributed by atoms with van der Waals surface area (Å²) in [6.07, 6.45) is 1.71. The number of fused-ring (bicyclic) bond motifs is 5. The van der Waals surface area contributed by atoms with Gasteiger partial charge in [-0.25, -0.2) is 4.98 Å². The molecule has 4 aromatic rings. The van der Waals surface area contributed by atoms with E-state index in [0.29, 0.717) is 0 Å². The molecule has 0 saturated carbocycles. The third-order valence-corrected chi connectivity index (χ3v) is 4.73. The molecule has 0 amide bonds. The average molecular weight is 315 g/mol. The van der Waals surface area contributed by atoms with Gasteiger partial charge in [-0.15, -0.1) is 0 Å². The topological polar surface area (TPSA) is 34.2 Å². The second-order valence-electron chi connectivity index (χ2n) is 5.99. The zero-order valence-corrected chi connectivity index (χ0v) is 13.4. The Bertz CT molecular complexity index is 1020. The Morgan fingerprint density at radius 3 is 2.67 bits per heavy atom. The number of para-hydroxylation sites is 3. The van der Waals surface area contributed by atoms with Crippen LogP contribution in [0.25, 0.3) is 22.4 Å². The van der Waals surface area contributed by atoms with Crippen molar-refractivity contribution in [3.63, 3.8) is 0 Å². The molecule has 1 aliphatic heterocycles. The minimum atomic E-state index is -0.0256. The van der Waals surface area contributed by atoms with Crippen LogP contribution in [0.2, 0.25) is 0 Å². The minimum Gasteiger partial charge on any atom is -0.465 e. The average Bonchev–Trinajstić information content (AvgIpc) is 3.28. The fourth-order valence-electron chi connectivity index (χ4n) is 3.73. The number of nitrogens with zero attached hydrogens (tertiary/aromatic N) is 3. The highest BCUT2D eigenvalue weighted by Crippen LogP contribution is 2.44. The second-order valence-corrected chi connectivity index (χ2v) is 5.99. The predicted octanol–water partition coefficient (Wildman–Crippen LogP) is 4.68. The number of benzene rings is 2. The molecular weight excluding hydrogens is 298 g/mol. The van der Waals surface area contributed by atoms with Crippen molar-refractivity contribution < 1.29 is 4.42 Å². The van der Waals surface area contributed by atoms with E-state index in [-0.39, 0.29) is 6.17 Å². The van der Waals surface area contributed by atoms with E-state index < -0.39 is 0 Å². The number of hydrogen-bond acceptors (Lipinski definition) is 3. The van der Waals surface area contributed by atoms with E-state index in [1.165, 1.54) is 11.3 Å². The highest BCUT2D eigenvalue weighted by atomic mass is 16.3.